The maximum absolute atomic E-state index is 11.8. The quantitative estimate of drug-likeness (QED) is 0.840. The van der Waals surface area contributed by atoms with Crippen LogP contribution in [0.2, 0.25) is 0 Å². The maximum Gasteiger partial charge on any atom is 0.250 e. The Hall–Kier alpha value is -0.630. The summed E-state index contributed by atoms with van der Waals surface area (Å²) in [6.45, 7) is 0. The van der Waals surface area contributed by atoms with Crippen molar-refractivity contribution < 1.29 is 13.2 Å². The smallest absolute Gasteiger partial charge is 0.250 e. The summed E-state index contributed by atoms with van der Waals surface area (Å²) in [7, 11) is -1.76. The average Bonchev–Trinajstić information content (AvgIpc) is 2.58. The molecule has 1 aromatic rings. The minimum atomic E-state index is -3.40. The van der Waals surface area contributed by atoms with Crippen molar-refractivity contribution in [2.75, 3.05) is 12.8 Å². The van der Waals surface area contributed by atoms with Gasteiger partial charge in [-0.3, -0.25) is 0 Å². The van der Waals surface area contributed by atoms with Gasteiger partial charge < -0.3 is 10.5 Å². The Bertz CT molecular complexity index is 463. The SMILES string of the molecule is COC1CC(NS(=O)(=O)c2cc(N)cs2)C1. The van der Waals surface area contributed by atoms with Gasteiger partial charge >= 0.3 is 0 Å². The molecule has 90 valence electrons. The van der Waals surface area contributed by atoms with Crippen LogP contribution >= 0.6 is 11.3 Å². The number of nitrogens with one attached hydrogen (secondary N) is 1. The van der Waals surface area contributed by atoms with Gasteiger partial charge in [0.15, 0.2) is 0 Å². The largest absolute Gasteiger partial charge is 0.398 e. The molecule has 2 rings (SSSR count). The summed E-state index contributed by atoms with van der Waals surface area (Å²) >= 11 is 1.13. The Labute approximate surface area is 98.7 Å². The minimum absolute atomic E-state index is 0.0155. The zero-order chi connectivity index (χ0) is 11.8. The lowest BCUT2D eigenvalue weighted by molar-refractivity contribution is 0.0236. The van der Waals surface area contributed by atoms with E-state index >= 15 is 0 Å². The first-order valence-electron chi connectivity index (χ1n) is 4.90. The monoisotopic (exact) mass is 262 g/mol. The third kappa shape index (κ3) is 2.37. The van der Waals surface area contributed by atoms with E-state index in [1.807, 2.05) is 0 Å². The molecule has 0 atom stereocenters. The Morgan fingerprint density at radius 3 is 2.75 bits per heavy atom. The average molecular weight is 262 g/mol. The summed E-state index contributed by atoms with van der Waals surface area (Å²) < 4.78 is 31.7. The van der Waals surface area contributed by atoms with Crippen LogP contribution < -0.4 is 10.5 Å². The van der Waals surface area contributed by atoms with Crippen molar-refractivity contribution in [1.29, 1.82) is 0 Å². The molecule has 0 amide bonds. The van der Waals surface area contributed by atoms with Crippen LogP contribution in [0.15, 0.2) is 15.7 Å². The molecule has 0 aromatic carbocycles. The van der Waals surface area contributed by atoms with Gasteiger partial charge in [-0.15, -0.1) is 11.3 Å². The van der Waals surface area contributed by atoms with Gasteiger partial charge in [0.1, 0.15) is 4.21 Å². The highest BCUT2D eigenvalue weighted by Crippen LogP contribution is 2.27. The molecular formula is C9H14N2O3S2. The van der Waals surface area contributed by atoms with Crippen molar-refractivity contribution in [3.05, 3.63) is 11.4 Å². The number of hydrogen-bond acceptors (Lipinski definition) is 5. The molecule has 0 radical (unpaired) electrons. The summed E-state index contributed by atoms with van der Waals surface area (Å²) in [5, 5.41) is 1.62. The third-order valence-corrected chi connectivity index (χ3v) is 5.59. The predicted octanol–water partition coefficient (Wildman–Crippen LogP) is 0.786. The van der Waals surface area contributed by atoms with Gasteiger partial charge in [-0.2, -0.15) is 0 Å². The number of nitrogen functional groups attached to an aromatic ring is 1. The molecule has 3 N–H and O–H groups in total. The minimum Gasteiger partial charge on any atom is -0.398 e. The van der Waals surface area contributed by atoms with Crippen molar-refractivity contribution in [1.82, 2.24) is 4.72 Å². The van der Waals surface area contributed by atoms with Crippen LogP contribution in [-0.4, -0.2) is 27.7 Å². The molecule has 1 aromatic heterocycles. The van der Waals surface area contributed by atoms with Gasteiger partial charge in [0.2, 0.25) is 10.0 Å². The first kappa shape index (κ1) is 11.8. The van der Waals surface area contributed by atoms with E-state index in [0.29, 0.717) is 5.69 Å². The van der Waals surface area contributed by atoms with Gasteiger partial charge in [0, 0.05) is 24.2 Å². The number of rotatable bonds is 4. The fourth-order valence-corrected chi connectivity index (χ4v) is 3.96. The molecule has 7 heteroatoms. The van der Waals surface area contributed by atoms with E-state index in [1.54, 1.807) is 12.5 Å². The Morgan fingerprint density at radius 1 is 1.56 bits per heavy atom. The Balaban J connectivity index is 1.99. The number of anilines is 1. The van der Waals surface area contributed by atoms with Crippen LogP contribution in [0.1, 0.15) is 12.8 Å². The van der Waals surface area contributed by atoms with Crippen LogP contribution in [-0.2, 0) is 14.8 Å². The van der Waals surface area contributed by atoms with Gasteiger partial charge in [-0.1, -0.05) is 0 Å². The number of methoxy groups -OCH3 is 1. The van der Waals surface area contributed by atoms with Gasteiger partial charge in [0.05, 0.1) is 6.10 Å². The molecule has 0 spiro atoms. The summed E-state index contributed by atoms with van der Waals surface area (Å²) in [5.41, 5.74) is 5.97. The van der Waals surface area contributed by atoms with Crippen LogP contribution in [0.25, 0.3) is 0 Å². The lowest BCUT2D eigenvalue weighted by Crippen LogP contribution is -2.47. The highest BCUT2D eigenvalue weighted by atomic mass is 32.2. The van der Waals surface area contributed by atoms with Crippen LogP contribution in [0.5, 0.6) is 0 Å². The van der Waals surface area contributed by atoms with Crippen molar-refractivity contribution in [2.45, 2.75) is 29.2 Å². The van der Waals surface area contributed by atoms with Crippen molar-refractivity contribution >= 4 is 27.0 Å². The van der Waals surface area contributed by atoms with Crippen LogP contribution in [0.3, 0.4) is 0 Å². The third-order valence-electron chi connectivity index (χ3n) is 2.61. The molecule has 1 fully saturated rings. The van der Waals surface area contributed by atoms with Crippen molar-refractivity contribution in [2.24, 2.45) is 0 Å². The van der Waals surface area contributed by atoms with Crippen LogP contribution in [0, 0.1) is 0 Å². The Kier molecular flexibility index (Phi) is 3.20. The standard InChI is InChI=1S/C9H14N2O3S2/c1-14-8-3-7(4-8)11-16(12,13)9-2-6(10)5-15-9/h2,5,7-8,11H,3-4,10H2,1H3. The summed E-state index contributed by atoms with van der Waals surface area (Å²) in [4.78, 5) is 0. The Morgan fingerprint density at radius 2 is 2.25 bits per heavy atom. The summed E-state index contributed by atoms with van der Waals surface area (Å²) in [6.07, 6.45) is 1.65. The first-order chi connectivity index (χ1) is 7.51. The van der Waals surface area contributed by atoms with E-state index in [-0.39, 0.29) is 16.4 Å². The number of ether oxygens (including phenoxy) is 1. The van der Waals surface area contributed by atoms with E-state index in [4.69, 9.17) is 10.5 Å². The topological polar surface area (TPSA) is 81.4 Å². The van der Waals surface area contributed by atoms with Crippen molar-refractivity contribution in [3.63, 3.8) is 0 Å². The van der Waals surface area contributed by atoms with Gasteiger partial charge in [-0.25, -0.2) is 13.1 Å². The normalized spacial score (nSPS) is 25.3. The fourth-order valence-electron chi connectivity index (χ4n) is 1.60. The predicted molar refractivity (Wildman–Crippen MR) is 62.9 cm³/mol. The van der Waals surface area contributed by atoms with E-state index < -0.39 is 10.0 Å². The van der Waals surface area contributed by atoms with E-state index in [9.17, 15) is 8.42 Å². The molecule has 0 bridgehead atoms. The lowest BCUT2D eigenvalue weighted by Gasteiger charge is -2.34. The second-order valence-electron chi connectivity index (χ2n) is 3.85. The summed E-state index contributed by atoms with van der Waals surface area (Å²) in [5.74, 6) is 0. The van der Waals surface area contributed by atoms with Crippen LogP contribution in [0.4, 0.5) is 5.69 Å². The molecule has 0 saturated heterocycles. The van der Waals surface area contributed by atoms with Gasteiger partial charge in [-0.05, 0) is 18.9 Å². The maximum atomic E-state index is 11.8. The lowest BCUT2D eigenvalue weighted by atomic mass is 9.90. The molecule has 1 aliphatic rings. The van der Waals surface area contributed by atoms with E-state index in [2.05, 4.69) is 4.72 Å². The van der Waals surface area contributed by atoms with E-state index in [1.165, 1.54) is 6.07 Å². The zero-order valence-electron chi connectivity index (χ0n) is 8.84. The number of thiophene rings is 1. The molecule has 0 unspecified atom stereocenters. The number of nitrogens with two attached hydrogens (primary N) is 1. The summed E-state index contributed by atoms with van der Waals surface area (Å²) in [6, 6.07) is 1.46. The molecule has 5 nitrogen and oxygen atoms in total. The highest BCUT2D eigenvalue weighted by Gasteiger charge is 2.33. The number of hydrogen-bond donors (Lipinski definition) is 2. The van der Waals surface area contributed by atoms with Crippen molar-refractivity contribution in [3.8, 4) is 0 Å². The number of sulfonamides is 1. The van der Waals surface area contributed by atoms with Gasteiger partial charge in [0.25, 0.3) is 0 Å². The molecule has 1 saturated carbocycles. The molecular weight excluding hydrogens is 248 g/mol. The molecule has 16 heavy (non-hydrogen) atoms. The molecule has 0 aliphatic heterocycles. The zero-order valence-corrected chi connectivity index (χ0v) is 10.5. The molecule has 1 aliphatic carbocycles. The first-order valence-corrected chi connectivity index (χ1v) is 7.26. The van der Waals surface area contributed by atoms with E-state index in [0.717, 1.165) is 24.2 Å². The highest BCUT2D eigenvalue weighted by molar-refractivity contribution is 7.91. The second kappa shape index (κ2) is 4.33. The fraction of sp³-hybridized carbons (Fsp3) is 0.556. The second-order valence-corrected chi connectivity index (χ2v) is 6.70. The molecule has 1 heterocycles.